The maximum Gasteiger partial charge on any atom is 0.244 e. The zero-order chi connectivity index (χ0) is 17.6. The van der Waals surface area contributed by atoms with Gasteiger partial charge in [-0.2, -0.15) is 5.10 Å². The van der Waals surface area contributed by atoms with Crippen molar-refractivity contribution in [2.75, 3.05) is 7.11 Å². The van der Waals surface area contributed by atoms with E-state index in [1.165, 1.54) is 5.39 Å². The van der Waals surface area contributed by atoms with Crippen LogP contribution in [0.25, 0.3) is 10.8 Å². The molecule has 0 atom stereocenters. The normalized spacial score (nSPS) is 11.4. The van der Waals surface area contributed by atoms with Gasteiger partial charge in [0.15, 0.2) is 0 Å². The highest BCUT2D eigenvalue weighted by atomic mass is 16.5. The third-order valence-corrected chi connectivity index (χ3v) is 4.04. The molecule has 0 aliphatic carbocycles. The van der Waals surface area contributed by atoms with Crippen LogP contribution in [0.2, 0.25) is 0 Å². The fourth-order valence-corrected chi connectivity index (χ4v) is 2.59. The number of hydrogen-bond acceptors (Lipinski definition) is 3. The summed E-state index contributed by atoms with van der Waals surface area (Å²) in [5, 5.41) is 6.56. The average molecular weight is 332 g/mol. The van der Waals surface area contributed by atoms with Crippen LogP contribution >= 0.6 is 0 Å². The fraction of sp³-hybridized carbons (Fsp3) is 0.143. The zero-order valence-corrected chi connectivity index (χ0v) is 14.3. The highest BCUT2D eigenvalue weighted by Gasteiger charge is 2.04. The van der Waals surface area contributed by atoms with Crippen LogP contribution in [0, 0.1) is 0 Å². The first-order valence-electron chi connectivity index (χ1n) is 8.11. The van der Waals surface area contributed by atoms with Gasteiger partial charge in [-0.05, 0) is 47.0 Å². The van der Waals surface area contributed by atoms with Crippen LogP contribution in [-0.4, -0.2) is 18.7 Å². The van der Waals surface area contributed by atoms with Gasteiger partial charge in [0.25, 0.3) is 0 Å². The van der Waals surface area contributed by atoms with Crippen molar-refractivity contribution < 1.29 is 9.53 Å². The van der Waals surface area contributed by atoms with E-state index >= 15 is 0 Å². The van der Waals surface area contributed by atoms with Crippen molar-refractivity contribution in [2.24, 2.45) is 5.10 Å². The van der Waals surface area contributed by atoms with Crippen molar-refractivity contribution in [1.29, 1.82) is 0 Å². The fourth-order valence-electron chi connectivity index (χ4n) is 2.59. The first kappa shape index (κ1) is 16.7. The number of methoxy groups -OCH3 is 1. The van der Waals surface area contributed by atoms with Crippen LogP contribution in [0.5, 0.6) is 5.75 Å². The quantitative estimate of drug-likeness (QED) is 0.568. The number of ether oxygens (including phenoxy) is 1. The summed E-state index contributed by atoms with van der Waals surface area (Å²) in [6.45, 7) is 1.89. The highest BCUT2D eigenvalue weighted by molar-refractivity contribution is 6.02. The molecule has 0 saturated carbocycles. The number of nitrogens with zero attached hydrogens (tertiary/aromatic N) is 1. The molecule has 0 aromatic heterocycles. The number of benzene rings is 3. The molecular formula is C21H20N2O2. The van der Waals surface area contributed by atoms with E-state index in [0.29, 0.717) is 0 Å². The van der Waals surface area contributed by atoms with Crippen molar-refractivity contribution in [2.45, 2.75) is 13.3 Å². The summed E-state index contributed by atoms with van der Waals surface area (Å²) >= 11 is 0. The molecule has 3 rings (SSSR count). The standard InChI is InChI=1S/C21H20N2O2/c1-15(18-10-9-17-5-3-4-6-19(17)14-18)22-23-21(24)13-16-7-11-20(25-2)12-8-16/h3-12,14H,13H2,1-2H3,(H,23,24)/b22-15-. The van der Waals surface area contributed by atoms with Gasteiger partial charge in [-0.3, -0.25) is 4.79 Å². The van der Waals surface area contributed by atoms with Gasteiger partial charge in [0.2, 0.25) is 5.91 Å². The predicted octanol–water partition coefficient (Wildman–Crippen LogP) is 3.93. The van der Waals surface area contributed by atoms with E-state index in [1.807, 2.05) is 49.4 Å². The van der Waals surface area contributed by atoms with E-state index in [-0.39, 0.29) is 12.3 Å². The topological polar surface area (TPSA) is 50.7 Å². The van der Waals surface area contributed by atoms with Crippen LogP contribution in [0.3, 0.4) is 0 Å². The summed E-state index contributed by atoms with van der Waals surface area (Å²) in [5.41, 5.74) is 5.30. The second-order valence-electron chi connectivity index (χ2n) is 5.82. The maximum absolute atomic E-state index is 12.1. The lowest BCUT2D eigenvalue weighted by atomic mass is 10.0. The molecule has 25 heavy (non-hydrogen) atoms. The van der Waals surface area contributed by atoms with Crippen molar-refractivity contribution in [3.8, 4) is 5.75 Å². The molecule has 4 nitrogen and oxygen atoms in total. The van der Waals surface area contributed by atoms with Crippen molar-refractivity contribution in [1.82, 2.24) is 5.43 Å². The van der Waals surface area contributed by atoms with Crippen molar-refractivity contribution >= 4 is 22.4 Å². The van der Waals surface area contributed by atoms with Gasteiger partial charge in [-0.1, -0.05) is 48.5 Å². The molecule has 3 aromatic rings. The molecule has 0 unspecified atom stereocenters. The van der Waals surface area contributed by atoms with Gasteiger partial charge in [0.05, 0.1) is 19.2 Å². The number of nitrogens with one attached hydrogen (secondary N) is 1. The summed E-state index contributed by atoms with van der Waals surface area (Å²) in [6, 6.07) is 21.7. The van der Waals surface area contributed by atoms with Crippen LogP contribution in [0.1, 0.15) is 18.1 Å². The number of rotatable bonds is 5. The number of amides is 1. The Morgan fingerprint density at radius 2 is 1.72 bits per heavy atom. The monoisotopic (exact) mass is 332 g/mol. The zero-order valence-electron chi connectivity index (χ0n) is 14.3. The number of carbonyl (C=O) groups excluding carboxylic acids is 1. The number of fused-ring (bicyclic) bond motifs is 1. The van der Waals surface area contributed by atoms with Gasteiger partial charge in [-0.15, -0.1) is 0 Å². The van der Waals surface area contributed by atoms with E-state index in [1.54, 1.807) is 7.11 Å². The summed E-state index contributed by atoms with van der Waals surface area (Å²) in [6.07, 6.45) is 0.276. The van der Waals surface area contributed by atoms with Gasteiger partial charge in [-0.25, -0.2) is 5.43 Å². The van der Waals surface area contributed by atoms with E-state index in [0.717, 1.165) is 28.0 Å². The molecule has 1 N–H and O–H groups in total. The third kappa shape index (κ3) is 4.23. The summed E-state index contributed by atoms with van der Waals surface area (Å²) in [7, 11) is 1.62. The van der Waals surface area contributed by atoms with Crippen molar-refractivity contribution in [3.63, 3.8) is 0 Å². The second kappa shape index (κ2) is 7.62. The lowest BCUT2D eigenvalue weighted by molar-refractivity contribution is -0.120. The first-order chi connectivity index (χ1) is 12.2. The minimum Gasteiger partial charge on any atom is -0.497 e. The number of hydrogen-bond donors (Lipinski definition) is 1. The van der Waals surface area contributed by atoms with E-state index in [2.05, 4.69) is 34.8 Å². The molecule has 126 valence electrons. The Hall–Kier alpha value is -3.14. The Morgan fingerprint density at radius 3 is 2.44 bits per heavy atom. The Kier molecular flexibility index (Phi) is 5.09. The molecule has 0 spiro atoms. The molecule has 0 aliphatic heterocycles. The molecule has 4 heteroatoms. The van der Waals surface area contributed by atoms with E-state index in [9.17, 15) is 4.79 Å². The lowest BCUT2D eigenvalue weighted by Crippen LogP contribution is -2.21. The predicted molar refractivity (Wildman–Crippen MR) is 101 cm³/mol. The smallest absolute Gasteiger partial charge is 0.244 e. The van der Waals surface area contributed by atoms with Gasteiger partial charge < -0.3 is 4.74 Å². The Bertz CT molecular complexity index is 915. The molecule has 0 heterocycles. The Labute approximate surface area is 147 Å². The Balaban J connectivity index is 1.65. The lowest BCUT2D eigenvalue weighted by Gasteiger charge is -2.05. The van der Waals surface area contributed by atoms with Crippen LogP contribution in [0.15, 0.2) is 71.8 Å². The summed E-state index contributed by atoms with van der Waals surface area (Å²) in [4.78, 5) is 12.1. The second-order valence-corrected chi connectivity index (χ2v) is 5.82. The van der Waals surface area contributed by atoms with Gasteiger partial charge in [0.1, 0.15) is 5.75 Å². The van der Waals surface area contributed by atoms with E-state index < -0.39 is 0 Å². The minimum absolute atomic E-state index is 0.148. The molecule has 1 amide bonds. The highest BCUT2D eigenvalue weighted by Crippen LogP contribution is 2.16. The largest absolute Gasteiger partial charge is 0.497 e. The molecule has 0 bridgehead atoms. The molecule has 3 aromatic carbocycles. The number of carbonyl (C=O) groups is 1. The van der Waals surface area contributed by atoms with Crippen LogP contribution in [-0.2, 0) is 11.2 Å². The van der Waals surface area contributed by atoms with Gasteiger partial charge in [0, 0.05) is 0 Å². The Morgan fingerprint density at radius 1 is 1.00 bits per heavy atom. The first-order valence-corrected chi connectivity index (χ1v) is 8.11. The SMILES string of the molecule is COc1ccc(CC(=O)N/N=C(/C)c2ccc3ccccc3c2)cc1. The minimum atomic E-state index is -0.148. The van der Waals surface area contributed by atoms with Crippen LogP contribution in [0.4, 0.5) is 0 Å². The van der Waals surface area contributed by atoms with E-state index in [4.69, 9.17) is 4.74 Å². The molecule has 0 aliphatic rings. The average Bonchev–Trinajstić information content (AvgIpc) is 2.66. The van der Waals surface area contributed by atoms with Crippen molar-refractivity contribution in [3.05, 3.63) is 77.9 Å². The maximum atomic E-state index is 12.1. The third-order valence-electron chi connectivity index (χ3n) is 4.04. The number of hydrazone groups is 1. The molecule has 0 fully saturated rings. The van der Waals surface area contributed by atoms with Gasteiger partial charge >= 0.3 is 0 Å². The molecule has 0 radical (unpaired) electrons. The summed E-state index contributed by atoms with van der Waals surface area (Å²) < 4.78 is 5.11. The van der Waals surface area contributed by atoms with Crippen LogP contribution < -0.4 is 10.2 Å². The summed E-state index contributed by atoms with van der Waals surface area (Å²) in [5.74, 6) is 0.625. The molecular weight excluding hydrogens is 312 g/mol. The molecule has 0 saturated heterocycles.